The summed E-state index contributed by atoms with van der Waals surface area (Å²) in [4.78, 5) is 0. The summed E-state index contributed by atoms with van der Waals surface area (Å²) < 4.78 is 0. The Morgan fingerprint density at radius 2 is 2.25 bits per heavy atom. The van der Waals surface area contributed by atoms with Gasteiger partial charge >= 0.3 is 0 Å². The van der Waals surface area contributed by atoms with Gasteiger partial charge < -0.3 is 0 Å². The van der Waals surface area contributed by atoms with Crippen molar-refractivity contribution in [1.82, 2.24) is 5.43 Å². The Labute approximate surface area is 50.4 Å². The quantitative estimate of drug-likeness (QED) is 0.388. The maximum atomic E-state index is 5.27. The Hall–Kier alpha value is -0.0800. The van der Waals surface area contributed by atoms with E-state index >= 15 is 0 Å². The Morgan fingerprint density at radius 3 is 2.50 bits per heavy atom. The summed E-state index contributed by atoms with van der Waals surface area (Å²) >= 11 is 0. The van der Waals surface area contributed by atoms with Crippen LogP contribution in [0.5, 0.6) is 0 Å². The van der Waals surface area contributed by atoms with Crippen LogP contribution in [-0.2, 0) is 0 Å². The fourth-order valence-electron chi connectivity index (χ4n) is 1.39. The lowest BCUT2D eigenvalue weighted by Gasteiger charge is -2.11. The number of hydrazine groups is 1. The number of hydrogen-bond donors (Lipinski definition) is 2. The maximum Gasteiger partial charge on any atom is 0.0236 e. The highest BCUT2D eigenvalue weighted by Crippen LogP contribution is 2.23. The van der Waals surface area contributed by atoms with Crippen molar-refractivity contribution in [3.8, 4) is 0 Å². The maximum absolute atomic E-state index is 5.27. The van der Waals surface area contributed by atoms with Crippen molar-refractivity contribution in [2.75, 3.05) is 0 Å². The van der Waals surface area contributed by atoms with Gasteiger partial charge in [-0.05, 0) is 18.8 Å². The predicted molar refractivity (Wildman–Crippen MR) is 34.1 cm³/mol. The molecule has 0 unspecified atom stereocenters. The Bertz CT molecular complexity index is 72.9. The van der Waals surface area contributed by atoms with E-state index in [9.17, 15) is 0 Å². The first-order valence-corrected chi connectivity index (χ1v) is 3.30. The van der Waals surface area contributed by atoms with Gasteiger partial charge in [0, 0.05) is 6.04 Å². The summed E-state index contributed by atoms with van der Waals surface area (Å²) in [6.45, 7) is 2.25. The molecule has 0 aliphatic heterocycles. The van der Waals surface area contributed by atoms with E-state index in [-0.39, 0.29) is 0 Å². The molecule has 48 valence electrons. The van der Waals surface area contributed by atoms with E-state index < -0.39 is 0 Å². The molecule has 0 spiro atoms. The molecule has 2 nitrogen and oxygen atoms in total. The van der Waals surface area contributed by atoms with Crippen LogP contribution in [0.4, 0.5) is 0 Å². The van der Waals surface area contributed by atoms with E-state index in [1.165, 1.54) is 19.3 Å². The fourth-order valence-corrected chi connectivity index (χ4v) is 1.39. The zero-order chi connectivity index (χ0) is 5.98. The third kappa shape index (κ3) is 1.01. The van der Waals surface area contributed by atoms with Gasteiger partial charge in [-0.15, -0.1) is 0 Å². The summed E-state index contributed by atoms with van der Waals surface area (Å²) in [7, 11) is 0. The molecule has 0 aromatic carbocycles. The van der Waals surface area contributed by atoms with Gasteiger partial charge in [0.05, 0.1) is 0 Å². The molecule has 0 aromatic rings. The lowest BCUT2D eigenvalue weighted by molar-refractivity contribution is 0.437. The minimum Gasteiger partial charge on any atom is -0.271 e. The van der Waals surface area contributed by atoms with Crippen LogP contribution in [0.15, 0.2) is 0 Å². The van der Waals surface area contributed by atoms with Crippen LogP contribution in [0.3, 0.4) is 0 Å². The van der Waals surface area contributed by atoms with Crippen molar-refractivity contribution >= 4 is 0 Å². The van der Waals surface area contributed by atoms with Crippen LogP contribution in [0.25, 0.3) is 0 Å². The van der Waals surface area contributed by atoms with Gasteiger partial charge in [-0.1, -0.05) is 13.3 Å². The minimum atomic E-state index is 0.593. The van der Waals surface area contributed by atoms with Crippen molar-refractivity contribution in [1.29, 1.82) is 0 Å². The molecular weight excluding hydrogens is 100 g/mol. The first-order chi connectivity index (χ1) is 3.84. The highest BCUT2D eigenvalue weighted by molar-refractivity contribution is 4.77. The molecule has 1 saturated carbocycles. The van der Waals surface area contributed by atoms with Gasteiger partial charge in [-0.3, -0.25) is 11.3 Å². The number of nitrogens with one attached hydrogen (secondary N) is 1. The smallest absolute Gasteiger partial charge is 0.0236 e. The first-order valence-electron chi connectivity index (χ1n) is 3.30. The first kappa shape index (κ1) is 6.05. The standard InChI is InChI=1S/C6H14N2/c1-5-3-2-4-6(5)8-7/h5-6,8H,2-4,7H2,1H3/t5-,6+/m0/s1. The average Bonchev–Trinajstić information content (AvgIpc) is 2.14. The molecule has 0 saturated heterocycles. The molecule has 1 rings (SSSR count). The van der Waals surface area contributed by atoms with Crippen molar-refractivity contribution in [2.24, 2.45) is 11.8 Å². The molecule has 1 aliphatic carbocycles. The van der Waals surface area contributed by atoms with Crippen molar-refractivity contribution in [3.05, 3.63) is 0 Å². The molecular formula is C6H14N2. The van der Waals surface area contributed by atoms with Crippen LogP contribution in [0, 0.1) is 5.92 Å². The fraction of sp³-hybridized carbons (Fsp3) is 1.00. The molecule has 0 amide bonds. The second-order valence-electron chi connectivity index (χ2n) is 2.68. The van der Waals surface area contributed by atoms with E-state index in [0.29, 0.717) is 6.04 Å². The summed E-state index contributed by atoms with van der Waals surface area (Å²) in [6.07, 6.45) is 3.95. The molecule has 1 aliphatic rings. The van der Waals surface area contributed by atoms with E-state index in [4.69, 9.17) is 5.84 Å². The monoisotopic (exact) mass is 114 g/mol. The van der Waals surface area contributed by atoms with E-state index in [0.717, 1.165) is 5.92 Å². The van der Waals surface area contributed by atoms with Crippen molar-refractivity contribution in [3.63, 3.8) is 0 Å². The molecule has 0 aromatic heterocycles. The molecule has 0 heterocycles. The SMILES string of the molecule is C[C@H]1CCC[C@H]1NN. The number of hydrogen-bond acceptors (Lipinski definition) is 2. The third-order valence-electron chi connectivity index (χ3n) is 2.08. The average molecular weight is 114 g/mol. The topological polar surface area (TPSA) is 38.0 Å². The summed E-state index contributed by atoms with van der Waals surface area (Å²) in [5.74, 6) is 6.07. The van der Waals surface area contributed by atoms with Crippen molar-refractivity contribution < 1.29 is 0 Å². The summed E-state index contributed by atoms with van der Waals surface area (Å²) in [6, 6.07) is 0.593. The zero-order valence-electron chi connectivity index (χ0n) is 5.35. The van der Waals surface area contributed by atoms with Crippen molar-refractivity contribution in [2.45, 2.75) is 32.2 Å². The number of rotatable bonds is 1. The van der Waals surface area contributed by atoms with Gasteiger partial charge in [-0.25, -0.2) is 0 Å². The van der Waals surface area contributed by atoms with Gasteiger partial charge in [0.25, 0.3) is 0 Å². The Kier molecular flexibility index (Phi) is 1.86. The van der Waals surface area contributed by atoms with Gasteiger partial charge in [0.1, 0.15) is 0 Å². The molecule has 8 heavy (non-hydrogen) atoms. The van der Waals surface area contributed by atoms with Crippen LogP contribution < -0.4 is 11.3 Å². The Balaban J connectivity index is 2.30. The van der Waals surface area contributed by atoms with Crippen LogP contribution in [0.1, 0.15) is 26.2 Å². The lowest BCUT2D eigenvalue weighted by atomic mass is 10.1. The van der Waals surface area contributed by atoms with Gasteiger partial charge in [-0.2, -0.15) is 0 Å². The van der Waals surface area contributed by atoms with E-state index in [1.54, 1.807) is 0 Å². The van der Waals surface area contributed by atoms with E-state index in [2.05, 4.69) is 12.3 Å². The number of nitrogens with two attached hydrogens (primary N) is 1. The molecule has 0 bridgehead atoms. The largest absolute Gasteiger partial charge is 0.271 e. The third-order valence-corrected chi connectivity index (χ3v) is 2.08. The second-order valence-corrected chi connectivity index (χ2v) is 2.68. The highest BCUT2D eigenvalue weighted by Gasteiger charge is 2.20. The van der Waals surface area contributed by atoms with Crippen LogP contribution >= 0.6 is 0 Å². The van der Waals surface area contributed by atoms with Crippen LogP contribution in [0.2, 0.25) is 0 Å². The molecule has 1 fully saturated rings. The highest BCUT2D eigenvalue weighted by atomic mass is 15.2. The summed E-state index contributed by atoms with van der Waals surface area (Å²) in [5.41, 5.74) is 2.81. The molecule has 3 N–H and O–H groups in total. The normalized spacial score (nSPS) is 38.2. The van der Waals surface area contributed by atoms with Gasteiger partial charge in [0.15, 0.2) is 0 Å². The predicted octanol–water partition coefficient (Wildman–Crippen LogP) is 0.638. The second kappa shape index (κ2) is 2.46. The minimum absolute atomic E-state index is 0.593. The molecule has 2 atom stereocenters. The van der Waals surface area contributed by atoms with Gasteiger partial charge in [0.2, 0.25) is 0 Å². The van der Waals surface area contributed by atoms with E-state index in [1.807, 2.05) is 0 Å². The zero-order valence-corrected chi connectivity index (χ0v) is 5.35. The summed E-state index contributed by atoms with van der Waals surface area (Å²) in [5, 5.41) is 0. The molecule has 2 heteroatoms. The lowest BCUT2D eigenvalue weighted by Crippen LogP contribution is -2.36. The van der Waals surface area contributed by atoms with Crippen LogP contribution in [-0.4, -0.2) is 6.04 Å². The Morgan fingerprint density at radius 1 is 1.50 bits per heavy atom. The molecule has 0 radical (unpaired) electrons.